The lowest BCUT2D eigenvalue weighted by atomic mass is 9.54. The van der Waals surface area contributed by atoms with E-state index in [1.807, 2.05) is 51.1 Å². The maximum Gasteiger partial charge on any atom is 0.479 e. The lowest BCUT2D eigenvalue weighted by molar-refractivity contribution is -0.785. The fraction of sp³-hybridized carbons (Fsp3) is 0.588. The van der Waals surface area contributed by atoms with Crippen LogP contribution in [0, 0.1) is 0 Å². The highest BCUT2D eigenvalue weighted by atomic mass is 16.6. The number of carbonyl (C=O) groups excluding carboxylic acids is 1. The van der Waals surface area contributed by atoms with E-state index in [0.717, 1.165) is 18.7 Å². The first kappa shape index (κ1) is 16.5. The van der Waals surface area contributed by atoms with E-state index in [1.54, 1.807) is 0 Å². The van der Waals surface area contributed by atoms with E-state index in [-0.39, 0.29) is 18.2 Å². The van der Waals surface area contributed by atoms with Crippen molar-refractivity contribution < 1.29 is 23.7 Å². The number of ether oxygens (including phenoxy) is 1. The standard InChI is InChI=1S/C17H26BNO4/c1-17(2,3)23-16(20)13-15(14-7-5-4-6-8-14)18-19(9-11-21-18)10-12-22-18/h4-8,15,19H,9-13H2,1-3H3. The van der Waals surface area contributed by atoms with E-state index in [1.165, 1.54) is 4.81 Å². The minimum atomic E-state index is -1.53. The molecular weight excluding hydrogens is 293 g/mol. The third-order valence-corrected chi connectivity index (χ3v) is 4.71. The van der Waals surface area contributed by atoms with Crippen LogP contribution in [0.3, 0.4) is 0 Å². The molecule has 2 saturated heterocycles. The Hall–Kier alpha value is -1.37. The molecule has 1 N–H and O–H groups in total. The average molecular weight is 319 g/mol. The van der Waals surface area contributed by atoms with Gasteiger partial charge in [0.1, 0.15) is 5.60 Å². The highest BCUT2D eigenvalue weighted by molar-refractivity contribution is 6.61. The van der Waals surface area contributed by atoms with Gasteiger partial charge in [0, 0.05) is 6.42 Å². The summed E-state index contributed by atoms with van der Waals surface area (Å²) in [6, 6.07) is 10.1. The summed E-state index contributed by atoms with van der Waals surface area (Å²) in [6.45, 7) is 7.40. The number of fused-ring (bicyclic) bond motifs is 1. The second-order valence-corrected chi connectivity index (χ2v) is 7.48. The lowest BCUT2D eigenvalue weighted by Crippen LogP contribution is -3.20. The predicted molar refractivity (Wildman–Crippen MR) is 88.0 cm³/mol. The number of rotatable bonds is 4. The van der Waals surface area contributed by atoms with E-state index in [4.69, 9.17) is 14.0 Å². The summed E-state index contributed by atoms with van der Waals surface area (Å²) < 4.78 is 17.8. The number of hydrogen-bond donors (Lipinski definition) is 1. The fourth-order valence-electron chi connectivity index (χ4n) is 3.85. The van der Waals surface area contributed by atoms with Crippen LogP contribution in [0.25, 0.3) is 0 Å². The van der Waals surface area contributed by atoms with Crippen LogP contribution in [0.4, 0.5) is 0 Å². The lowest BCUT2D eigenvalue weighted by Gasteiger charge is -2.38. The highest BCUT2D eigenvalue weighted by Gasteiger charge is 2.56. The molecule has 0 radical (unpaired) electrons. The fourth-order valence-corrected chi connectivity index (χ4v) is 3.85. The third kappa shape index (κ3) is 3.44. The topological polar surface area (TPSA) is 49.2 Å². The zero-order chi connectivity index (χ0) is 16.5. The van der Waals surface area contributed by atoms with Crippen molar-refractivity contribution in [1.29, 1.82) is 0 Å². The Morgan fingerprint density at radius 1 is 1.22 bits per heavy atom. The van der Waals surface area contributed by atoms with Gasteiger partial charge in [-0.05, 0) is 26.6 Å². The molecule has 0 amide bonds. The second-order valence-electron chi connectivity index (χ2n) is 7.48. The van der Waals surface area contributed by atoms with Crippen molar-refractivity contribution in [3.8, 4) is 0 Å². The van der Waals surface area contributed by atoms with Crippen LogP contribution < -0.4 is 4.81 Å². The summed E-state index contributed by atoms with van der Waals surface area (Å²) in [7, 11) is 0. The Bertz CT molecular complexity index is 547. The maximum absolute atomic E-state index is 12.5. The summed E-state index contributed by atoms with van der Waals surface area (Å²) >= 11 is 0. The van der Waals surface area contributed by atoms with E-state index in [2.05, 4.69) is 0 Å². The van der Waals surface area contributed by atoms with E-state index in [0.29, 0.717) is 13.2 Å². The van der Waals surface area contributed by atoms with Gasteiger partial charge < -0.3 is 18.9 Å². The highest BCUT2D eigenvalue weighted by Crippen LogP contribution is 2.32. The zero-order valence-electron chi connectivity index (χ0n) is 14.2. The predicted octanol–water partition coefficient (Wildman–Crippen LogP) is 0.925. The molecule has 1 aromatic rings. The maximum atomic E-state index is 12.5. The minimum absolute atomic E-state index is 0.106. The van der Waals surface area contributed by atoms with Crippen LogP contribution in [0.1, 0.15) is 38.6 Å². The molecule has 1 aromatic carbocycles. The molecule has 23 heavy (non-hydrogen) atoms. The summed E-state index contributed by atoms with van der Waals surface area (Å²) in [5.74, 6) is -0.306. The monoisotopic (exact) mass is 319 g/mol. The first-order chi connectivity index (χ1) is 10.9. The molecule has 2 heterocycles. The molecule has 0 saturated carbocycles. The van der Waals surface area contributed by atoms with Crippen molar-refractivity contribution in [2.45, 2.75) is 38.6 Å². The van der Waals surface area contributed by atoms with Gasteiger partial charge in [-0.25, -0.2) is 0 Å². The quantitative estimate of drug-likeness (QED) is 0.662. The molecule has 1 unspecified atom stereocenters. The minimum Gasteiger partial charge on any atom is -0.509 e. The van der Waals surface area contributed by atoms with Crippen molar-refractivity contribution in [2.75, 3.05) is 26.3 Å². The molecule has 5 nitrogen and oxygen atoms in total. The van der Waals surface area contributed by atoms with Gasteiger partial charge in [0.2, 0.25) is 0 Å². The Labute approximate surface area is 137 Å². The molecule has 126 valence electrons. The van der Waals surface area contributed by atoms with Gasteiger partial charge in [0.15, 0.2) is 0 Å². The molecule has 0 aromatic heterocycles. The van der Waals surface area contributed by atoms with Gasteiger partial charge in [0.25, 0.3) is 0 Å². The normalized spacial score (nSPS) is 28.4. The van der Waals surface area contributed by atoms with Crippen LogP contribution in [-0.2, 0) is 18.8 Å². The first-order valence-electron chi connectivity index (χ1n) is 8.45. The van der Waals surface area contributed by atoms with Gasteiger partial charge in [-0.1, -0.05) is 35.9 Å². The number of esters is 1. The van der Waals surface area contributed by atoms with Gasteiger partial charge in [0.05, 0.1) is 26.3 Å². The largest absolute Gasteiger partial charge is 0.509 e. The SMILES string of the molecule is CC(C)(C)OC(=O)CC(c1ccccc1)[B-]12OCC[NH+]1CCO2. The van der Waals surface area contributed by atoms with Crippen molar-refractivity contribution in [3.63, 3.8) is 0 Å². The number of carbonyl (C=O) groups is 1. The molecule has 3 rings (SSSR count). The second kappa shape index (κ2) is 6.26. The zero-order valence-corrected chi connectivity index (χ0v) is 14.2. The summed E-state index contributed by atoms with van der Waals surface area (Å²) in [6.07, 6.45) is 0.283. The molecule has 1 atom stereocenters. The average Bonchev–Trinajstić information content (AvgIpc) is 3.04. The Morgan fingerprint density at radius 2 is 1.83 bits per heavy atom. The molecule has 2 fully saturated rings. The van der Waals surface area contributed by atoms with Crippen LogP contribution in [0.2, 0.25) is 0 Å². The summed E-state index contributed by atoms with van der Waals surface area (Å²) in [4.78, 5) is 13.8. The number of hydrogen-bond acceptors (Lipinski definition) is 4. The molecule has 0 spiro atoms. The molecule has 0 aliphatic carbocycles. The van der Waals surface area contributed by atoms with Gasteiger partial charge >= 0.3 is 12.7 Å². The first-order valence-corrected chi connectivity index (χ1v) is 8.45. The van der Waals surface area contributed by atoms with E-state index < -0.39 is 12.3 Å². The van der Waals surface area contributed by atoms with Crippen LogP contribution in [0.15, 0.2) is 30.3 Å². The Balaban J connectivity index is 1.88. The molecule has 0 bridgehead atoms. The van der Waals surface area contributed by atoms with Crippen molar-refractivity contribution in [1.82, 2.24) is 0 Å². The number of benzene rings is 1. The van der Waals surface area contributed by atoms with E-state index >= 15 is 0 Å². The van der Waals surface area contributed by atoms with Gasteiger partial charge in [-0.3, -0.25) is 4.79 Å². The number of quaternary nitrogens is 1. The van der Waals surface area contributed by atoms with Crippen LogP contribution in [-0.4, -0.2) is 44.6 Å². The summed E-state index contributed by atoms with van der Waals surface area (Å²) in [5.41, 5.74) is 0.599. The molecular formula is C17H26BNO4. The van der Waals surface area contributed by atoms with Crippen molar-refractivity contribution >= 4 is 12.7 Å². The molecule has 2 aliphatic rings. The Morgan fingerprint density at radius 3 is 2.39 bits per heavy atom. The Kier molecular flexibility index (Phi) is 4.49. The third-order valence-electron chi connectivity index (χ3n) is 4.71. The van der Waals surface area contributed by atoms with Crippen molar-refractivity contribution in [3.05, 3.63) is 35.9 Å². The van der Waals surface area contributed by atoms with Crippen molar-refractivity contribution in [2.24, 2.45) is 0 Å². The molecule has 6 heteroatoms. The van der Waals surface area contributed by atoms with Crippen LogP contribution in [0.5, 0.6) is 0 Å². The van der Waals surface area contributed by atoms with E-state index in [9.17, 15) is 4.79 Å². The number of nitrogens with one attached hydrogen (secondary N) is 1. The summed E-state index contributed by atoms with van der Waals surface area (Å²) in [5, 5.41) is 0. The smallest absolute Gasteiger partial charge is 0.479 e. The van der Waals surface area contributed by atoms with Crippen LogP contribution >= 0.6 is 0 Å². The molecule has 2 aliphatic heterocycles. The van der Waals surface area contributed by atoms with Gasteiger partial charge in [-0.2, -0.15) is 0 Å². The van der Waals surface area contributed by atoms with Gasteiger partial charge in [-0.15, -0.1) is 0 Å².